The molecule has 0 aliphatic carbocycles. The van der Waals surface area contributed by atoms with Gasteiger partial charge in [-0.1, -0.05) is 27.7 Å². The van der Waals surface area contributed by atoms with E-state index in [1.165, 1.54) is 11.8 Å². The number of amides is 1. The van der Waals surface area contributed by atoms with E-state index in [2.05, 4.69) is 26.3 Å². The summed E-state index contributed by atoms with van der Waals surface area (Å²) in [6, 6.07) is 7.77. The van der Waals surface area contributed by atoms with Crippen LogP contribution in [0.15, 0.2) is 49.6 Å². The highest BCUT2D eigenvalue weighted by molar-refractivity contribution is 9.10. The Bertz CT molecular complexity index is 939. The van der Waals surface area contributed by atoms with Crippen molar-refractivity contribution in [2.24, 2.45) is 10.1 Å². The highest BCUT2D eigenvalue weighted by Crippen LogP contribution is 2.31. The second-order valence-electron chi connectivity index (χ2n) is 4.98. The number of nitrogens with zero attached hydrogens (tertiary/aromatic N) is 3. The van der Waals surface area contributed by atoms with Gasteiger partial charge >= 0.3 is 0 Å². The predicted octanol–water partition coefficient (Wildman–Crippen LogP) is 2.02. The van der Waals surface area contributed by atoms with Gasteiger partial charge in [0.05, 0.1) is 5.36 Å². The van der Waals surface area contributed by atoms with Crippen molar-refractivity contribution < 1.29 is 4.79 Å². The average Bonchev–Trinajstić information content (AvgIpc) is 3.07. The zero-order valence-corrected chi connectivity index (χ0v) is 15.2. The number of thioether (sulfide) groups is 1. The third-order valence-corrected chi connectivity index (χ3v) is 5.37. The van der Waals surface area contributed by atoms with Crippen LogP contribution in [-0.2, 0) is 4.79 Å². The third kappa shape index (κ3) is 2.50. The SMILES string of the molecule is CSC1=NN2C(=c3cc(Br)ccc3=N[C@H]2c2ccsc2)C(=O)N1. The molecule has 0 spiro atoms. The molecular weight excluding hydrogens is 396 g/mol. The average molecular weight is 407 g/mol. The monoisotopic (exact) mass is 406 g/mol. The zero-order chi connectivity index (χ0) is 16.0. The first-order chi connectivity index (χ1) is 11.2. The lowest BCUT2D eigenvalue weighted by Crippen LogP contribution is -2.50. The van der Waals surface area contributed by atoms with Gasteiger partial charge in [0, 0.05) is 15.3 Å². The fraction of sp³-hybridized carbons (Fsp3) is 0.133. The molecule has 3 heterocycles. The van der Waals surface area contributed by atoms with E-state index in [1.54, 1.807) is 16.3 Å². The van der Waals surface area contributed by atoms with Crippen LogP contribution in [-0.4, -0.2) is 22.3 Å². The summed E-state index contributed by atoms with van der Waals surface area (Å²) in [4.78, 5) is 17.5. The van der Waals surface area contributed by atoms with Gasteiger partial charge in [-0.3, -0.25) is 15.1 Å². The van der Waals surface area contributed by atoms with Gasteiger partial charge in [-0.15, -0.1) is 5.10 Å². The van der Waals surface area contributed by atoms with Gasteiger partial charge in [0.1, 0.15) is 5.70 Å². The number of carbonyl (C=O) groups excluding carboxylic acids is 1. The minimum absolute atomic E-state index is 0.154. The Labute approximate surface area is 148 Å². The molecule has 0 fully saturated rings. The first kappa shape index (κ1) is 14.9. The van der Waals surface area contributed by atoms with Crippen molar-refractivity contribution in [1.29, 1.82) is 0 Å². The molecule has 1 N–H and O–H groups in total. The topological polar surface area (TPSA) is 57.1 Å². The van der Waals surface area contributed by atoms with Crippen LogP contribution >= 0.6 is 39.0 Å². The molecule has 0 radical (unpaired) electrons. The van der Waals surface area contributed by atoms with Gasteiger partial charge in [-0.25, -0.2) is 5.01 Å². The largest absolute Gasteiger partial charge is 0.298 e. The first-order valence-corrected chi connectivity index (χ1v) is 9.76. The molecule has 1 aromatic heterocycles. The number of nitrogens with one attached hydrogen (secondary N) is 1. The third-order valence-electron chi connectivity index (χ3n) is 3.60. The molecule has 116 valence electrons. The van der Waals surface area contributed by atoms with Crippen molar-refractivity contribution in [3.05, 3.63) is 55.6 Å². The van der Waals surface area contributed by atoms with Crippen LogP contribution in [0.1, 0.15) is 11.7 Å². The number of rotatable bonds is 1. The van der Waals surface area contributed by atoms with E-state index in [0.717, 1.165) is 20.6 Å². The second kappa shape index (κ2) is 5.77. The van der Waals surface area contributed by atoms with Gasteiger partial charge in [-0.2, -0.15) is 11.3 Å². The minimum atomic E-state index is -0.321. The molecule has 2 aliphatic heterocycles. The van der Waals surface area contributed by atoms with E-state index < -0.39 is 0 Å². The van der Waals surface area contributed by atoms with Gasteiger partial charge in [0.2, 0.25) is 0 Å². The van der Waals surface area contributed by atoms with Crippen molar-refractivity contribution in [2.45, 2.75) is 6.17 Å². The number of fused-ring (bicyclic) bond motifs is 2. The Kier molecular flexibility index (Phi) is 3.74. The molecule has 2 aromatic rings. The molecule has 2 aliphatic rings. The number of hydrazone groups is 1. The quantitative estimate of drug-likeness (QED) is 0.787. The van der Waals surface area contributed by atoms with Crippen molar-refractivity contribution in [3.63, 3.8) is 0 Å². The molecule has 1 aromatic carbocycles. The Morgan fingerprint density at radius 3 is 3.00 bits per heavy atom. The Balaban J connectivity index is 2.03. The van der Waals surface area contributed by atoms with Crippen molar-refractivity contribution in [1.82, 2.24) is 10.3 Å². The van der Waals surface area contributed by atoms with Crippen molar-refractivity contribution in [3.8, 4) is 0 Å². The summed E-state index contributed by atoms with van der Waals surface area (Å²) in [5.41, 5.74) is 1.56. The van der Waals surface area contributed by atoms with Crippen LogP contribution in [0.3, 0.4) is 0 Å². The Hall–Kier alpha value is -1.64. The van der Waals surface area contributed by atoms with Crippen LogP contribution < -0.4 is 15.9 Å². The van der Waals surface area contributed by atoms with E-state index in [4.69, 9.17) is 4.99 Å². The van der Waals surface area contributed by atoms with Gasteiger partial charge in [0.25, 0.3) is 5.91 Å². The molecular formula is C15H11BrN4OS2. The van der Waals surface area contributed by atoms with Crippen LogP contribution in [0.4, 0.5) is 0 Å². The smallest absolute Gasteiger partial charge is 0.276 e. The van der Waals surface area contributed by atoms with E-state index >= 15 is 0 Å². The molecule has 1 atom stereocenters. The number of amidine groups is 1. The number of benzene rings is 1. The fourth-order valence-corrected chi connectivity index (χ4v) is 3.98. The lowest BCUT2D eigenvalue weighted by Gasteiger charge is -2.33. The maximum atomic E-state index is 12.6. The lowest BCUT2D eigenvalue weighted by molar-refractivity contribution is -0.116. The van der Waals surface area contributed by atoms with Crippen molar-refractivity contribution in [2.75, 3.05) is 6.26 Å². The Morgan fingerprint density at radius 2 is 2.26 bits per heavy atom. The molecule has 1 amide bonds. The Morgan fingerprint density at radius 1 is 1.39 bits per heavy atom. The maximum Gasteiger partial charge on any atom is 0.276 e. The maximum absolute atomic E-state index is 12.6. The second-order valence-corrected chi connectivity index (χ2v) is 7.47. The van der Waals surface area contributed by atoms with Gasteiger partial charge in [0.15, 0.2) is 11.3 Å². The summed E-state index contributed by atoms with van der Waals surface area (Å²) in [5, 5.41) is 15.3. The highest BCUT2D eigenvalue weighted by Gasteiger charge is 2.34. The lowest BCUT2D eigenvalue weighted by atomic mass is 10.1. The number of thiophene rings is 1. The number of hydrogen-bond acceptors (Lipinski definition) is 6. The molecule has 0 unspecified atom stereocenters. The van der Waals surface area contributed by atoms with Gasteiger partial charge in [-0.05, 0) is 41.3 Å². The molecule has 0 saturated heterocycles. The molecule has 0 saturated carbocycles. The van der Waals surface area contributed by atoms with E-state index in [0.29, 0.717) is 10.9 Å². The van der Waals surface area contributed by atoms with Crippen LogP contribution in [0.2, 0.25) is 0 Å². The number of carbonyl (C=O) groups is 1. The zero-order valence-electron chi connectivity index (χ0n) is 12.0. The fourth-order valence-electron chi connectivity index (χ4n) is 2.58. The summed E-state index contributed by atoms with van der Waals surface area (Å²) in [5.74, 6) is -0.154. The molecule has 5 nitrogen and oxygen atoms in total. The van der Waals surface area contributed by atoms with Crippen LogP contribution in [0.25, 0.3) is 5.70 Å². The first-order valence-electron chi connectivity index (χ1n) is 6.80. The summed E-state index contributed by atoms with van der Waals surface area (Å²) < 4.78 is 0.903. The summed E-state index contributed by atoms with van der Waals surface area (Å²) >= 11 is 6.47. The molecule has 0 bridgehead atoms. The molecule has 4 rings (SSSR count). The van der Waals surface area contributed by atoms with E-state index in [1.807, 2.05) is 41.3 Å². The van der Waals surface area contributed by atoms with E-state index in [-0.39, 0.29) is 12.1 Å². The number of hydrogen-bond donors (Lipinski definition) is 1. The standard InChI is InChI=1S/C15H11BrN4OS2/c1-22-15-18-14(21)12-10-6-9(16)2-3-11(10)17-13(20(12)19-15)8-4-5-23-7-8/h2-7,13H,1H3,(H,18,19,21)/t13-/m1/s1. The normalized spacial score (nSPS) is 19.5. The summed E-state index contributed by atoms with van der Waals surface area (Å²) in [6.07, 6.45) is 1.56. The summed E-state index contributed by atoms with van der Waals surface area (Å²) in [7, 11) is 0. The summed E-state index contributed by atoms with van der Waals surface area (Å²) in [6.45, 7) is 0. The molecule has 8 heteroatoms. The highest BCUT2D eigenvalue weighted by atomic mass is 79.9. The van der Waals surface area contributed by atoms with Gasteiger partial charge < -0.3 is 0 Å². The number of halogens is 1. The minimum Gasteiger partial charge on any atom is -0.298 e. The van der Waals surface area contributed by atoms with E-state index in [9.17, 15) is 4.79 Å². The van der Waals surface area contributed by atoms with Crippen molar-refractivity contribution >= 4 is 55.8 Å². The molecule has 23 heavy (non-hydrogen) atoms. The van der Waals surface area contributed by atoms with Crippen LogP contribution in [0.5, 0.6) is 0 Å². The van der Waals surface area contributed by atoms with Crippen LogP contribution in [0, 0.1) is 0 Å². The predicted molar refractivity (Wildman–Crippen MR) is 96.3 cm³/mol.